The molecule has 0 atom stereocenters. The molecule has 0 unspecified atom stereocenters. The van der Waals surface area contributed by atoms with Gasteiger partial charge in [0.2, 0.25) is 0 Å². The van der Waals surface area contributed by atoms with Crippen molar-refractivity contribution in [1.82, 2.24) is 0 Å². The Kier molecular flexibility index (Phi) is 2.38. The number of carboxylic acids is 1. The Hall–Kier alpha value is -1.56. The maximum atomic E-state index is 11.6. The van der Waals surface area contributed by atoms with Gasteiger partial charge >= 0.3 is 5.97 Å². The van der Waals surface area contributed by atoms with Crippen LogP contribution in [-0.4, -0.2) is 32.4 Å². The van der Waals surface area contributed by atoms with Gasteiger partial charge < -0.3 is 9.84 Å². The molecule has 0 aliphatic carbocycles. The Morgan fingerprint density at radius 3 is 2.69 bits per heavy atom. The van der Waals surface area contributed by atoms with E-state index in [1.807, 2.05) is 0 Å². The van der Waals surface area contributed by atoms with Gasteiger partial charge in [0.05, 0.1) is 17.8 Å². The third-order valence-corrected chi connectivity index (χ3v) is 4.40. The van der Waals surface area contributed by atoms with Crippen LogP contribution in [0.5, 0.6) is 5.75 Å². The quantitative estimate of drug-likeness (QED) is 0.826. The number of sulfone groups is 1. The lowest BCUT2D eigenvalue weighted by Crippen LogP contribution is -2.04. The standard InChI is InChI=1S/C10H10O5S/c1-15-9-6-4-5-16(13,14)8(6)3-2-7(9)10(11)12/h2-3H,4-5H2,1H3,(H,11,12). The monoisotopic (exact) mass is 242 g/mol. The van der Waals surface area contributed by atoms with Gasteiger partial charge in [-0.3, -0.25) is 0 Å². The molecule has 16 heavy (non-hydrogen) atoms. The maximum Gasteiger partial charge on any atom is 0.339 e. The van der Waals surface area contributed by atoms with Gasteiger partial charge in [0.15, 0.2) is 9.84 Å². The highest BCUT2D eigenvalue weighted by molar-refractivity contribution is 7.91. The molecule has 0 saturated carbocycles. The molecule has 86 valence electrons. The molecule has 0 aromatic heterocycles. The van der Waals surface area contributed by atoms with Gasteiger partial charge in [0.1, 0.15) is 11.3 Å². The van der Waals surface area contributed by atoms with Crippen molar-refractivity contribution in [2.75, 3.05) is 12.9 Å². The number of carboxylic acid groups (broad SMARTS) is 1. The largest absolute Gasteiger partial charge is 0.496 e. The van der Waals surface area contributed by atoms with Crippen LogP contribution < -0.4 is 4.74 Å². The molecule has 2 rings (SSSR count). The van der Waals surface area contributed by atoms with Crippen molar-refractivity contribution < 1.29 is 23.1 Å². The van der Waals surface area contributed by atoms with Gasteiger partial charge in [-0.15, -0.1) is 0 Å². The van der Waals surface area contributed by atoms with Crippen LogP contribution in [0.15, 0.2) is 17.0 Å². The number of benzene rings is 1. The Bertz CT molecular complexity index is 559. The van der Waals surface area contributed by atoms with Gasteiger partial charge in [-0.2, -0.15) is 0 Å². The van der Waals surface area contributed by atoms with E-state index < -0.39 is 15.8 Å². The number of carbonyl (C=O) groups is 1. The molecule has 1 aromatic carbocycles. The molecular weight excluding hydrogens is 232 g/mol. The second-order valence-corrected chi connectivity index (χ2v) is 5.57. The van der Waals surface area contributed by atoms with E-state index >= 15 is 0 Å². The molecule has 5 nitrogen and oxygen atoms in total. The van der Waals surface area contributed by atoms with Gasteiger partial charge in [-0.05, 0) is 18.6 Å². The number of methoxy groups -OCH3 is 1. The van der Waals surface area contributed by atoms with Gasteiger partial charge in [-0.25, -0.2) is 13.2 Å². The Balaban J connectivity index is 2.74. The fourth-order valence-electron chi connectivity index (χ4n) is 1.89. The first-order valence-corrected chi connectivity index (χ1v) is 6.28. The average molecular weight is 242 g/mol. The van der Waals surface area contributed by atoms with E-state index in [4.69, 9.17) is 9.84 Å². The minimum Gasteiger partial charge on any atom is -0.496 e. The second kappa shape index (κ2) is 3.48. The summed E-state index contributed by atoms with van der Waals surface area (Å²) in [5.41, 5.74) is 0.473. The molecule has 1 heterocycles. The minimum absolute atomic E-state index is 0.00153. The molecule has 1 aliphatic heterocycles. The number of hydrogen-bond acceptors (Lipinski definition) is 4. The summed E-state index contributed by atoms with van der Waals surface area (Å²) in [4.78, 5) is 11.1. The summed E-state index contributed by atoms with van der Waals surface area (Å²) in [6.45, 7) is 0. The summed E-state index contributed by atoms with van der Waals surface area (Å²) in [5, 5.41) is 8.93. The number of rotatable bonds is 2. The van der Waals surface area contributed by atoms with Gasteiger partial charge in [0.25, 0.3) is 0 Å². The van der Waals surface area contributed by atoms with Crippen molar-refractivity contribution >= 4 is 15.8 Å². The normalized spacial score (nSPS) is 16.8. The fourth-order valence-corrected chi connectivity index (χ4v) is 3.42. The smallest absolute Gasteiger partial charge is 0.339 e. The summed E-state index contributed by atoms with van der Waals surface area (Å²) < 4.78 is 28.2. The molecule has 0 saturated heterocycles. The van der Waals surface area contributed by atoms with E-state index in [9.17, 15) is 13.2 Å². The van der Waals surface area contributed by atoms with Crippen molar-refractivity contribution in [3.8, 4) is 5.75 Å². The van der Waals surface area contributed by atoms with E-state index in [0.29, 0.717) is 12.0 Å². The molecule has 1 N–H and O–H groups in total. The van der Waals surface area contributed by atoms with Crippen LogP contribution in [0.3, 0.4) is 0 Å². The first-order valence-electron chi connectivity index (χ1n) is 4.63. The molecule has 6 heteroatoms. The summed E-state index contributed by atoms with van der Waals surface area (Å²) >= 11 is 0. The van der Waals surface area contributed by atoms with E-state index in [1.165, 1.54) is 19.2 Å². The van der Waals surface area contributed by atoms with Crippen LogP contribution in [0.2, 0.25) is 0 Å². The lowest BCUT2D eigenvalue weighted by Gasteiger charge is -2.09. The lowest BCUT2D eigenvalue weighted by atomic mass is 10.1. The zero-order valence-corrected chi connectivity index (χ0v) is 9.37. The van der Waals surface area contributed by atoms with Crippen molar-refractivity contribution in [3.63, 3.8) is 0 Å². The summed E-state index contributed by atoms with van der Waals surface area (Å²) in [7, 11) is -1.91. The Labute approximate surface area is 92.6 Å². The molecule has 0 spiro atoms. The predicted octanol–water partition coefficient (Wildman–Crippen LogP) is 0.723. The zero-order valence-electron chi connectivity index (χ0n) is 8.56. The zero-order chi connectivity index (χ0) is 11.9. The molecule has 0 bridgehead atoms. The van der Waals surface area contributed by atoms with E-state index in [0.717, 1.165) is 0 Å². The Morgan fingerprint density at radius 1 is 1.44 bits per heavy atom. The SMILES string of the molecule is COc1c(C(=O)O)ccc2c1CCS2(=O)=O. The van der Waals surface area contributed by atoms with E-state index in [1.54, 1.807) is 0 Å². The fraction of sp³-hybridized carbons (Fsp3) is 0.300. The van der Waals surface area contributed by atoms with Crippen LogP contribution in [0.25, 0.3) is 0 Å². The molecule has 1 aliphatic rings. The van der Waals surface area contributed by atoms with Crippen molar-refractivity contribution in [2.45, 2.75) is 11.3 Å². The first kappa shape index (κ1) is 10.9. The van der Waals surface area contributed by atoms with Crippen LogP contribution in [-0.2, 0) is 16.3 Å². The van der Waals surface area contributed by atoms with Crippen LogP contribution >= 0.6 is 0 Å². The predicted molar refractivity (Wildman–Crippen MR) is 55.7 cm³/mol. The lowest BCUT2D eigenvalue weighted by molar-refractivity contribution is 0.0693. The van der Waals surface area contributed by atoms with Gasteiger partial charge in [0, 0.05) is 5.56 Å². The topological polar surface area (TPSA) is 80.7 Å². The minimum atomic E-state index is -3.25. The van der Waals surface area contributed by atoms with Gasteiger partial charge in [-0.1, -0.05) is 0 Å². The second-order valence-electron chi connectivity index (χ2n) is 3.50. The van der Waals surface area contributed by atoms with Crippen LogP contribution in [0.4, 0.5) is 0 Å². The van der Waals surface area contributed by atoms with Crippen molar-refractivity contribution in [2.24, 2.45) is 0 Å². The molecule has 0 fully saturated rings. The third-order valence-electron chi connectivity index (χ3n) is 2.61. The van der Waals surface area contributed by atoms with Crippen molar-refractivity contribution in [3.05, 3.63) is 23.3 Å². The van der Waals surface area contributed by atoms with E-state index in [2.05, 4.69) is 0 Å². The maximum absolute atomic E-state index is 11.6. The number of hydrogen-bond donors (Lipinski definition) is 1. The summed E-state index contributed by atoms with van der Waals surface area (Å²) in [6, 6.07) is 2.60. The number of fused-ring (bicyclic) bond motifs is 1. The van der Waals surface area contributed by atoms with Crippen LogP contribution in [0.1, 0.15) is 15.9 Å². The molecule has 1 aromatic rings. The highest BCUT2D eigenvalue weighted by Gasteiger charge is 2.31. The Morgan fingerprint density at radius 2 is 2.12 bits per heavy atom. The summed E-state index contributed by atoms with van der Waals surface area (Å²) in [5.74, 6) is -0.947. The van der Waals surface area contributed by atoms with Crippen molar-refractivity contribution in [1.29, 1.82) is 0 Å². The van der Waals surface area contributed by atoms with E-state index in [-0.39, 0.29) is 22.0 Å². The number of ether oxygens (including phenoxy) is 1. The van der Waals surface area contributed by atoms with Crippen LogP contribution in [0, 0.1) is 0 Å². The molecular formula is C10H10O5S. The highest BCUT2D eigenvalue weighted by atomic mass is 32.2. The number of aromatic carboxylic acids is 1. The average Bonchev–Trinajstić information content (AvgIpc) is 2.53. The molecule has 0 radical (unpaired) electrons. The summed E-state index contributed by atoms with van der Waals surface area (Å²) in [6.07, 6.45) is 0.308. The highest BCUT2D eigenvalue weighted by Crippen LogP contribution is 2.35. The first-order chi connectivity index (χ1) is 7.47. The third kappa shape index (κ3) is 1.46. The molecule has 0 amide bonds.